The van der Waals surface area contributed by atoms with Crippen LogP contribution in [0, 0.1) is 0 Å². The van der Waals surface area contributed by atoms with Crippen LogP contribution in [-0.4, -0.2) is 25.1 Å². The fourth-order valence-corrected chi connectivity index (χ4v) is 1.68. The Morgan fingerprint density at radius 3 is 2.94 bits per heavy atom. The Hall–Kier alpha value is -2.08. The molecule has 0 saturated carbocycles. The Bertz CT molecular complexity index is 599. The fraction of sp³-hybridized carbons (Fsp3) is 0.273. The van der Waals surface area contributed by atoms with Crippen LogP contribution in [0.4, 0.5) is 0 Å². The number of oxazole rings is 1. The number of ether oxygens (including phenoxy) is 1. The molecule has 0 fully saturated rings. The van der Waals surface area contributed by atoms with E-state index in [2.05, 4.69) is 15.0 Å². The summed E-state index contributed by atoms with van der Waals surface area (Å²) in [7, 11) is 2.97. The molecule has 2 aromatic rings. The van der Waals surface area contributed by atoms with Crippen LogP contribution in [0.2, 0.25) is 0 Å². The Kier molecular flexibility index (Phi) is 2.97. The van der Waals surface area contributed by atoms with Crippen molar-refractivity contribution in [3.05, 3.63) is 34.3 Å². The van der Waals surface area contributed by atoms with E-state index in [1.54, 1.807) is 25.2 Å². The number of rotatable bonds is 3. The summed E-state index contributed by atoms with van der Waals surface area (Å²) in [6, 6.07) is 4.46. The first-order valence-electron chi connectivity index (χ1n) is 5.03. The number of carbonyl (C=O) groups excluding carboxylic acids is 1. The topological polar surface area (TPSA) is 84.3 Å². The molecule has 1 aromatic heterocycles. The third-order valence-corrected chi connectivity index (χ3v) is 2.50. The first-order chi connectivity index (χ1) is 8.15. The van der Waals surface area contributed by atoms with Crippen molar-refractivity contribution in [3.8, 4) is 0 Å². The van der Waals surface area contributed by atoms with Crippen molar-refractivity contribution in [2.45, 2.75) is 6.04 Å². The normalized spacial score (nSPS) is 12.6. The van der Waals surface area contributed by atoms with Gasteiger partial charge in [0.1, 0.15) is 6.04 Å². The summed E-state index contributed by atoms with van der Waals surface area (Å²) in [5.74, 6) is -0.916. The summed E-state index contributed by atoms with van der Waals surface area (Å²) in [5.41, 5.74) is 1.68. The zero-order chi connectivity index (χ0) is 12.4. The van der Waals surface area contributed by atoms with Crippen molar-refractivity contribution in [1.29, 1.82) is 0 Å². The average Bonchev–Trinajstić information content (AvgIpc) is 2.69. The Morgan fingerprint density at radius 1 is 1.53 bits per heavy atom. The van der Waals surface area contributed by atoms with Gasteiger partial charge in [0.25, 0.3) is 0 Å². The third kappa shape index (κ3) is 2.07. The van der Waals surface area contributed by atoms with Crippen LogP contribution in [0.15, 0.2) is 27.4 Å². The van der Waals surface area contributed by atoms with Crippen LogP contribution in [-0.2, 0) is 9.53 Å². The van der Waals surface area contributed by atoms with Gasteiger partial charge >= 0.3 is 11.7 Å². The van der Waals surface area contributed by atoms with E-state index in [4.69, 9.17) is 4.42 Å². The van der Waals surface area contributed by atoms with Gasteiger partial charge in [-0.05, 0) is 24.7 Å². The highest BCUT2D eigenvalue weighted by atomic mass is 16.5. The first kappa shape index (κ1) is 11.4. The summed E-state index contributed by atoms with van der Waals surface area (Å²) in [4.78, 5) is 25.0. The number of likely N-dealkylation sites (N-methyl/N-ethyl adjacent to an activating group) is 1. The molecule has 2 N–H and O–H groups in total. The van der Waals surface area contributed by atoms with Gasteiger partial charge in [-0.15, -0.1) is 0 Å². The molecular formula is C11H12N2O4. The predicted octanol–water partition coefficient (Wildman–Crippen LogP) is 0.555. The highest BCUT2D eigenvalue weighted by Gasteiger charge is 2.19. The molecule has 0 aliphatic heterocycles. The van der Waals surface area contributed by atoms with Crippen molar-refractivity contribution in [2.75, 3.05) is 14.2 Å². The molecule has 1 atom stereocenters. The number of benzene rings is 1. The van der Waals surface area contributed by atoms with Crippen LogP contribution in [0.1, 0.15) is 11.6 Å². The van der Waals surface area contributed by atoms with Crippen molar-refractivity contribution in [3.63, 3.8) is 0 Å². The van der Waals surface area contributed by atoms with Crippen LogP contribution in [0.25, 0.3) is 11.1 Å². The summed E-state index contributed by atoms with van der Waals surface area (Å²) in [5, 5.41) is 2.84. The monoisotopic (exact) mass is 236 g/mol. The Labute approximate surface area is 96.6 Å². The molecule has 0 aliphatic carbocycles. The van der Waals surface area contributed by atoms with Gasteiger partial charge in [0.15, 0.2) is 5.58 Å². The second-order valence-electron chi connectivity index (χ2n) is 3.51. The van der Waals surface area contributed by atoms with Crippen LogP contribution >= 0.6 is 0 Å². The maximum Gasteiger partial charge on any atom is 0.417 e. The van der Waals surface area contributed by atoms with Crippen molar-refractivity contribution < 1.29 is 13.9 Å². The number of nitrogens with one attached hydrogen (secondary N) is 2. The van der Waals surface area contributed by atoms with Crippen LogP contribution in [0.5, 0.6) is 0 Å². The predicted molar refractivity (Wildman–Crippen MR) is 60.7 cm³/mol. The molecule has 6 nitrogen and oxygen atoms in total. The smallest absolute Gasteiger partial charge is 0.417 e. The molecule has 1 heterocycles. The maximum absolute atomic E-state index is 11.5. The maximum atomic E-state index is 11.5. The second-order valence-corrected chi connectivity index (χ2v) is 3.51. The molecular weight excluding hydrogens is 224 g/mol. The minimum atomic E-state index is -0.579. The van der Waals surface area contributed by atoms with Crippen molar-refractivity contribution >= 4 is 17.1 Å². The van der Waals surface area contributed by atoms with E-state index in [0.717, 1.165) is 0 Å². The third-order valence-electron chi connectivity index (χ3n) is 2.50. The Morgan fingerprint density at radius 2 is 2.29 bits per heavy atom. The fourth-order valence-electron chi connectivity index (χ4n) is 1.68. The van der Waals surface area contributed by atoms with Gasteiger partial charge in [-0.3, -0.25) is 4.98 Å². The second kappa shape index (κ2) is 4.42. The van der Waals surface area contributed by atoms with Gasteiger partial charge in [0.2, 0.25) is 0 Å². The van der Waals surface area contributed by atoms with Gasteiger partial charge in [-0.1, -0.05) is 6.07 Å². The lowest BCUT2D eigenvalue weighted by atomic mass is 10.1. The number of H-pyrrole nitrogens is 1. The minimum Gasteiger partial charge on any atom is -0.468 e. The van der Waals surface area contributed by atoms with Gasteiger partial charge in [0.05, 0.1) is 12.6 Å². The molecule has 2 rings (SSSR count). The Balaban J connectivity index is 2.47. The number of esters is 1. The summed E-state index contributed by atoms with van der Waals surface area (Å²) in [6.07, 6.45) is 0. The van der Waals surface area contributed by atoms with Gasteiger partial charge in [-0.2, -0.15) is 0 Å². The molecule has 0 bridgehead atoms. The van der Waals surface area contributed by atoms with E-state index < -0.39 is 17.8 Å². The largest absolute Gasteiger partial charge is 0.468 e. The zero-order valence-electron chi connectivity index (χ0n) is 9.44. The number of hydrogen-bond donors (Lipinski definition) is 2. The average molecular weight is 236 g/mol. The van der Waals surface area contributed by atoms with E-state index in [0.29, 0.717) is 16.7 Å². The first-order valence-corrected chi connectivity index (χ1v) is 5.03. The number of aromatic amines is 1. The molecule has 0 saturated heterocycles. The van der Waals surface area contributed by atoms with E-state index in [1.807, 2.05) is 0 Å². The quantitative estimate of drug-likeness (QED) is 0.760. The van der Waals surface area contributed by atoms with E-state index >= 15 is 0 Å². The minimum absolute atomic E-state index is 0.398. The summed E-state index contributed by atoms with van der Waals surface area (Å²) >= 11 is 0. The lowest BCUT2D eigenvalue weighted by Crippen LogP contribution is -2.26. The van der Waals surface area contributed by atoms with Gasteiger partial charge in [0, 0.05) is 0 Å². The molecule has 17 heavy (non-hydrogen) atoms. The molecule has 0 spiro atoms. The lowest BCUT2D eigenvalue weighted by Gasteiger charge is -2.13. The van der Waals surface area contributed by atoms with Crippen molar-refractivity contribution in [1.82, 2.24) is 10.3 Å². The van der Waals surface area contributed by atoms with Gasteiger partial charge in [-0.25, -0.2) is 9.59 Å². The van der Waals surface area contributed by atoms with E-state index in [1.165, 1.54) is 7.11 Å². The molecule has 0 radical (unpaired) electrons. The summed E-state index contributed by atoms with van der Waals surface area (Å²) < 4.78 is 9.60. The molecule has 0 aliphatic rings. The molecule has 90 valence electrons. The van der Waals surface area contributed by atoms with Crippen LogP contribution in [0.3, 0.4) is 0 Å². The number of hydrogen-bond acceptors (Lipinski definition) is 5. The highest BCUT2D eigenvalue weighted by molar-refractivity contribution is 5.80. The molecule has 6 heteroatoms. The number of methoxy groups -OCH3 is 1. The van der Waals surface area contributed by atoms with Gasteiger partial charge < -0.3 is 14.5 Å². The molecule has 0 amide bonds. The number of fused-ring (bicyclic) bond motifs is 1. The molecule has 1 unspecified atom stereocenters. The number of carbonyl (C=O) groups is 1. The lowest BCUT2D eigenvalue weighted by molar-refractivity contribution is -0.143. The number of aromatic nitrogens is 1. The highest BCUT2D eigenvalue weighted by Crippen LogP contribution is 2.19. The summed E-state index contributed by atoms with van der Waals surface area (Å²) in [6.45, 7) is 0. The van der Waals surface area contributed by atoms with E-state index in [9.17, 15) is 9.59 Å². The van der Waals surface area contributed by atoms with Crippen LogP contribution < -0.4 is 11.1 Å². The zero-order valence-corrected chi connectivity index (χ0v) is 9.44. The van der Waals surface area contributed by atoms with E-state index in [-0.39, 0.29) is 0 Å². The standard InChI is InChI=1S/C11H12N2O4/c1-12-9(10(14)16-2)6-3-4-7-8(5-6)17-11(15)13-7/h3-5,9,12H,1-2H3,(H,13,15). The molecule has 1 aromatic carbocycles. The van der Waals surface area contributed by atoms with Crippen molar-refractivity contribution in [2.24, 2.45) is 0 Å². The SMILES string of the molecule is CNC(C(=O)OC)c1ccc2[nH]c(=O)oc2c1.